The number of rotatable bonds is 4. The molecule has 1 aliphatic rings. The van der Waals surface area contributed by atoms with Gasteiger partial charge < -0.3 is 4.90 Å². The summed E-state index contributed by atoms with van der Waals surface area (Å²) in [6, 6.07) is 7.86. The normalized spacial score (nSPS) is 14.5. The number of amides is 1. The lowest BCUT2D eigenvalue weighted by Gasteiger charge is -2.22. The van der Waals surface area contributed by atoms with Gasteiger partial charge >= 0.3 is 6.18 Å². The molecule has 0 unspecified atom stereocenters. The maximum absolute atomic E-state index is 13.3. The molecule has 3 rings (SSSR count). The van der Waals surface area contributed by atoms with Crippen LogP contribution in [0, 0.1) is 5.82 Å². The highest BCUT2D eigenvalue weighted by Crippen LogP contribution is 2.31. The average Bonchev–Trinajstić information content (AvgIpc) is 3.36. The van der Waals surface area contributed by atoms with E-state index in [1.165, 1.54) is 12.1 Å². The predicted molar refractivity (Wildman–Crippen MR) is 78.5 cm³/mol. The zero-order valence-electron chi connectivity index (χ0n) is 12.6. The van der Waals surface area contributed by atoms with Crippen molar-refractivity contribution in [3.63, 3.8) is 0 Å². The van der Waals surface area contributed by atoms with Crippen LogP contribution < -0.4 is 0 Å². The number of carbonyl (C=O) groups excluding carboxylic acids is 1. The van der Waals surface area contributed by atoms with Gasteiger partial charge in [0.15, 0.2) is 0 Å². The van der Waals surface area contributed by atoms with Crippen molar-refractivity contribution in [2.24, 2.45) is 0 Å². The lowest BCUT2D eigenvalue weighted by Crippen LogP contribution is -2.32. The Hall–Kier alpha value is -2.44. The molecular formula is C17H14F4N2O. The second-order valence-electron chi connectivity index (χ2n) is 5.72. The van der Waals surface area contributed by atoms with Gasteiger partial charge in [0.25, 0.3) is 5.91 Å². The zero-order chi connectivity index (χ0) is 17.3. The fourth-order valence-corrected chi connectivity index (χ4v) is 2.44. The van der Waals surface area contributed by atoms with Crippen LogP contribution in [0.25, 0.3) is 0 Å². The van der Waals surface area contributed by atoms with Crippen LogP contribution in [0.4, 0.5) is 17.6 Å². The standard InChI is InChI=1S/C17H14F4N2O/c18-13-3-1-2-11(8-13)10-23(14-5-6-14)16(24)12-4-7-15(22-9-12)17(19,20)21/h1-4,7-9,14H,5-6,10H2. The molecule has 1 aromatic carbocycles. The summed E-state index contributed by atoms with van der Waals surface area (Å²) < 4.78 is 50.9. The Bertz CT molecular complexity index is 739. The number of benzene rings is 1. The van der Waals surface area contributed by atoms with Crippen LogP contribution in [0.3, 0.4) is 0 Å². The van der Waals surface area contributed by atoms with E-state index in [0.29, 0.717) is 5.56 Å². The van der Waals surface area contributed by atoms with Crippen LogP contribution >= 0.6 is 0 Å². The van der Waals surface area contributed by atoms with Gasteiger partial charge in [0.05, 0.1) is 5.56 Å². The van der Waals surface area contributed by atoms with Crippen molar-refractivity contribution in [2.75, 3.05) is 0 Å². The minimum atomic E-state index is -4.54. The van der Waals surface area contributed by atoms with Crippen molar-refractivity contribution in [2.45, 2.75) is 31.6 Å². The summed E-state index contributed by atoms with van der Waals surface area (Å²) in [5.74, 6) is -0.796. The number of carbonyl (C=O) groups is 1. The van der Waals surface area contributed by atoms with E-state index in [9.17, 15) is 22.4 Å². The molecule has 1 fully saturated rings. The first-order valence-corrected chi connectivity index (χ1v) is 7.43. The Morgan fingerprint density at radius 3 is 2.50 bits per heavy atom. The van der Waals surface area contributed by atoms with Crippen molar-refractivity contribution >= 4 is 5.91 Å². The number of pyridine rings is 1. The maximum Gasteiger partial charge on any atom is 0.433 e. The zero-order valence-corrected chi connectivity index (χ0v) is 12.6. The first-order valence-electron chi connectivity index (χ1n) is 7.43. The van der Waals surface area contributed by atoms with Crippen molar-refractivity contribution < 1.29 is 22.4 Å². The summed E-state index contributed by atoms with van der Waals surface area (Å²) in [6.07, 6.45) is -1.95. The molecule has 0 atom stereocenters. The lowest BCUT2D eigenvalue weighted by molar-refractivity contribution is -0.141. The second-order valence-corrected chi connectivity index (χ2v) is 5.72. The van der Waals surface area contributed by atoms with Gasteiger partial charge in [0, 0.05) is 18.8 Å². The summed E-state index contributed by atoms with van der Waals surface area (Å²) in [4.78, 5) is 17.5. The maximum atomic E-state index is 13.3. The minimum absolute atomic E-state index is 0.0306. The van der Waals surface area contributed by atoms with Crippen LogP contribution in [-0.4, -0.2) is 21.8 Å². The summed E-state index contributed by atoms with van der Waals surface area (Å²) in [5, 5.41) is 0. The van der Waals surface area contributed by atoms with Crippen LogP contribution in [-0.2, 0) is 12.7 Å². The molecular weight excluding hydrogens is 324 g/mol. The van der Waals surface area contributed by atoms with Gasteiger partial charge in [-0.25, -0.2) is 4.39 Å². The van der Waals surface area contributed by atoms with Gasteiger partial charge in [-0.05, 0) is 42.7 Å². The topological polar surface area (TPSA) is 33.2 Å². The van der Waals surface area contributed by atoms with Crippen molar-refractivity contribution in [1.29, 1.82) is 0 Å². The third kappa shape index (κ3) is 3.72. The molecule has 0 saturated heterocycles. The first-order chi connectivity index (χ1) is 11.3. The van der Waals surface area contributed by atoms with Crippen molar-refractivity contribution in [3.8, 4) is 0 Å². The van der Waals surface area contributed by atoms with Crippen LogP contribution in [0.1, 0.15) is 34.5 Å². The summed E-state index contributed by atoms with van der Waals surface area (Å²) in [5.41, 5.74) is -0.316. The molecule has 0 spiro atoms. The summed E-state index contributed by atoms with van der Waals surface area (Å²) >= 11 is 0. The van der Waals surface area contributed by atoms with E-state index in [1.54, 1.807) is 17.0 Å². The molecule has 1 saturated carbocycles. The van der Waals surface area contributed by atoms with Crippen molar-refractivity contribution in [3.05, 3.63) is 65.2 Å². The number of hydrogen-bond acceptors (Lipinski definition) is 2. The van der Waals surface area contributed by atoms with Gasteiger partial charge in [-0.1, -0.05) is 12.1 Å². The molecule has 7 heteroatoms. The van der Waals surface area contributed by atoms with E-state index in [2.05, 4.69) is 4.98 Å². The predicted octanol–water partition coefficient (Wildman–Crippen LogP) is 4.04. The highest BCUT2D eigenvalue weighted by Gasteiger charge is 2.35. The highest BCUT2D eigenvalue weighted by molar-refractivity contribution is 5.94. The molecule has 0 N–H and O–H groups in total. The van der Waals surface area contributed by atoms with Crippen molar-refractivity contribution in [1.82, 2.24) is 9.88 Å². The van der Waals surface area contributed by atoms with E-state index < -0.39 is 23.6 Å². The fourth-order valence-electron chi connectivity index (χ4n) is 2.44. The fraction of sp³-hybridized carbons (Fsp3) is 0.294. The summed E-state index contributed by atoms with van der Waals surface area (Å²) in [7, 11) is 0. The molecule has 1 aromatic heterocycles. The number of hydrogen-bond donors (Lipinski definition) is 0. The smallest absolute Gasteiger partial charge is 0.331 e. The van der Waals surface area contributed by atoms with E-state index in [0.717, 1.165) is 31.2 Å². The largest absolute Gasteiger partial charge is 0.433 e. The van der Waals surface area contributed by atoms with Gasteiger partial charge in [-0.3, -0.25) is 9.78 Å². The Morgan fingerprint density at radius 1 is 1.21 bits per heavy atom. The van der Waals surface area contributed by atoms with Crippen LogP contribution in [0.5, 0.6) is 0 Å². The molecule has 126 valence electrons. The monoisotopic (exact) mass is 338 g/mol. The second kappa shape index (κ2) is 6.22. The minimum Gasteiger partial charge on any atom is -0.331 e. The lowest BCUT2D eigenvalue weighted by atomic mass is 10.1. The number of aromatic nitrogens is 1. The Kier molecular flexibility index (Phi) is 4.26. The quantitative estimate of drug-likeness (QED) is 0.788. The van der Waals surface area contributed by atoms with E-state index in [4.69, 9.17) is 0 Å². The molecule has 24 heavy (non-hydrogen) atoms. The number of alkyl halides is 3. The van der Waals surface area contributed by atoms with E-state index in [-0.39, 0.29) is 18.2 Å². The third-order valence-electron chi connectivity index (χ3n) is 3.79. The first kappa shape index (κ1) is 16.4. The molecule has 2 aromatic rings. The number of halogens is 4. The highest BCUT2D eigenvalue weighted by atomic mass is 19.4. The van der Waals surface area contributed by atoms with Gasteiger partial charge in [0.1, 0.15) is 11.5 Å². The Morgan fingerprint density at radius 2 is 1.96 bits per heavy atom. The Balaban J connectivity index is 1.80. The van der Waals surface area contributed by atoms with E-state index in [1.807, 2.05) is 0 Å². The molecule has 0 aliphatic heterocycles. The number of nitrogens with zero attached hydrogens (tertiary/aromatic N) is 2. The molecule has 0 bridgehead atoms. The molecule has 1 amide bonds. The van der Waals surface area contributed by atoms with Gasteiger partial charge in [0.2, 0.25) is 0 Å². The van der Waals surface area contributed by atoms with Crippen LogP contribution in [0.2, 0.25) is 0 Å². The SMILES string of the molecule is O=C(c1ccc(C(F)(F)F)nc1)N(Cc1cccc(F)c1)C1CC1. The molecule has 3 nitrogen and oxygen atoms in total. The molecule has 1 heterocycles. The third-order valence-corrected chi connectivity index (χ3v) is 3.79. The average molecular weight is 338 g/mol. The Labute approximate surface area is 135 Å². The van der Waals surface area contributed by atoms with E-state index >= 15 is 0 Å². The summed E-state index contributed by atoms with van der Waals surface area (Å²) in [6.45, 7) is 0.211. The van der Waals surface area contributed by atoms with Gasteiger partial charge in [-0.15, -0.1) is 0 Å². The van der Waals surface area contributed by atoms with Gasteiger partial charge in [-0.2, -0.15) is 13.2 Å². The van der Waals surface area contributed by atoms with Crippen LogP contribution in [0.15, 0.2) is 42.6 Å². The molecule has 0 radical (unpaired) electrons. The molecule has 1 aliphatic carbocycles.